The van der Waals surface area contributed by atoms with Gasteiger partial charge in [-0.3, -0.25) is 4.79 Å². The molecule has 11 nitrogen and oxygen atoms in total. The van der Waals surface area contributed by atoms with E-state index in [0.29, 0.717) is 37.6 Å². The van der Waals surface area contributed by atoms with Gasteiger partial charge in [0.15, 0.2) is 0 Å². The molecule has 244 valence electrons. The van der Waals surface area contributed by atoms with Gasteiger partial charge < -0.3 is 29.6 Å². The van der Waals surface area contributed by atoms with Gasteiger partial charge in [0.1, 0.15) is 17.4 Å². The minimum absolute atomic E-state index is 0.0727. The number of aryl methyl sites for hydroxylation is 1. The first-order chi connectivity index (χ1) is 21.8. The van der Waals surface area contributed by atoms with Gasteiger partial charge in [-0.15, -0.1) is 0 Å². The molecule has 1 aliphatic heterocycles. The molecule has 1 aromatic heterocycles. The Morgan fingerprint density at radius 1 is 0.978 bits per heavy atom. The molecule has 0 saturated carbocycles. The van der Waals surface area contributed by atoms with Crippen molar-refractivity contribution in [2.75, 3.05) is 43.5 Å². The lowest BCUT2D eigenvalue weighted by molar-refractivity contribution is -0.117. The van der Waals surface area contributed by atoms with Crippen molar-refractivity contribution in [3.63, 3.8) is 0 Å². The van der Waals surface area contributed by atoms with E-state index < -0.39 is 27.6 Å². The van der Waals surface area contributed by atoms with Crippen molar-refractivity contribution in [1.29, 1.82) is 0 Å². The van der Waals surface area contributed by atoms with Crippen LogP contribution in [0.5, 0.6) is 5.75 Å². The standard InChI is InChI=1S/C34H41N5O6S/c1-23-10-13-26(14-11-23)46(42,43)37-30(20-24-22-35-28-9-7-6-8-27(24)28)32(40)36-29-15-12-25(21-31(29)44-5)38-16-18-39(19-17-38)33(41)45-34(2,3)4/h6-15,21-22,30,35,37H,16-20H2,1-5H3,(H,36,40)/t30-/m0/s1. The fourth-order valence-corrected chi connectivity index (χ4v) is 6.55. The highest BCUT2D eigenvalue weighted by atomic mass is 32.2. The molecular formula is C34H41N5O6S. The molecule has 1 atom stereocenters. The molecule has 0 radical (unpaired) electrons. The SMILES string of the molecule is COc1cc(N2CCN(C(=O)OC(C)(C)C)CC2)ccc1NC(=O)[C@H](Cc1c[nH]c2ccccc12)NS(=O)(=O)c1ccc(C)cc1. The number of ether oxygens (including phenoxy) is 2. The number of carbonyl (C=O) groups excluding carboxylic acids is 2. The molecule has 0 spiro atoms. The van der Waals surface area contributed by atoms with Crippen LogP contribution in [0.15, 0.2) is 77.8 Å². The van der Waals surface area contributed by atoms with Crippen LogP contribution in [0, 0.1) is 6.92 Å². The van der Waals surface area contributed by atoms with Crippen molar-refractivity contribution in [2.24, 2.45) is 0 Å². The van der Waals surface area contributed by atoms with Gasteiger partial charge in [0, 0.05) is 55.0 Å². The average Bonchev–Trinajstić information content (AvgIpc) is 3.43. The molecular weight excluding hydrogens is 606 g/mol. The summed E-state index contributed by atoms with van der Waals surface area (Å²) < 4.78 is 40.6. The molecule has 0 bridgehead atoms. The largest absolute Gasteiger partial charge is 0.494 e. The van der Waals surface area contributed by atoms with Crippen molar-refractivity contribution >= 4 is 44.3 Å². The first-order valence-electron chi connectivity index (χ1n) is 15.2. The Balaban J connectivity index is 1.34. The van der Waals surface area contributed by atoms with Gasteiger partial charge in [0.05, 0.1) is 17.7 Å². The Morgan fingerprint density at radius 2 is 1.67 bits per heavy atom. The van der Waals surface area contributed by atoms with E-state index in [2.05, 4.69) is 19.9 Å². The van der Waals surface area contributed by atoms with Crippen LogP contribution in [-0.4, -0.2) is 75.2 Å². The van der Waals surface area contributed by atoms with E-state index in [4.69, 9.17) is 9.47 Å². The van der Waals surface area contributed by atoms with E-state index in [1.165, 1.54) is 19.2 Å². The second-order valence-corrected chi connectivity index (χ2v) is 14.1. The summed E-state index contributed by atoms with van der Waals surface area (Å²) in [5.74, 6) is -0.106. The number of piperazine rings is 1. The Bertz CT molecular complexity index is 1810. The van der Waals surface area contributed by atoms with Gasteiger partial charge in [-0.05, 0) is 70.0 Å². The third-order valence-corrected chi connectivity index (χ3v) is 9.27. The zero-order valence-electron chi connectivity index (χ0n) is 26.8. The molecule has 3 N–H and O–H groups in total. The number of aromatic nitrogens is 1. The van der Waals surface area contributed by atoms with Crippen LogP contribution in [0.1, 0.15) is 31.9 Å². The number of H-pyrrole nitrogens is 1. The fraction of sp³-hybridized carbons (Fsp3) is 0.353. The lowest BCUT2D eigenvalue weighted by Gasteiger charge is -2.37. The Hall–Kier alpha value is -4.55. The van der Waals surface area contributed by atoms with E-state index in [1.807, 2.05) is 64.1 Å². The number of methoxy groups -OCH3 is 1. The molecule has 2 amide bonds. The third kappa shape index (κ3) is 7.80. The number of rotatable bonds is 9. The topological polar surface area (TPSA) is 133 Å². The Morgan fingerprint density at radius 3 is 2.35 bits per heavy atom. The van der Waals surface area contributed by atoms with E-state index in [0.717, 1.165) is 27.7 Å². The second kappa shape index (κ2) is 13.4. The number of nitrogens with zero attached hydrogens (tertiary/aromatic N) is 2. The zero-order chi connectivity index (χ0) is 33.1. The van der Waals surface area contributed by atoms with E-state index in [9.17, 15) is 18.0 Å². The third-order valence-electron chi connectivity index (χ3n) is 7.78. The number of benzene rings is 3. The summed E-state index contributed by atoms with van der Waals surface area (Å²) in [6, 6.07) is 18.4. The predicted molar refractivity (Wildman–Crippen MR) is 179 cm³/mol. The first kappa shape index (κ1) is 32.8. The molecule has 2 heterocycles. The lowest BCUT2D eigenvalue weighted by atomic mass is 10.0. The summed E-state index contributed by atoms with van der Waals surface area (Å²) in [4.78, 5) is 33.4. The lowest BCUT2D eigenvalue weighted by Crippen LogP contribution is -2.50. The van der Waals surface area contributed by atoms with E-state index >= 15 is 0 Å². The molecule has 1 aliphatic rings. The Labute approximate surface area is 269 Å². The number of aromatic amines is 1. The van der Waals surface area contributed by atoms with Gasteiger partial charge in [-0.2, -0.15) is 4.72 Å². The fourth-order valence-electron chi connectivity index (χ4n) is 5.35. The number of carbonyl (C=O) groups is 2. The quantitative estimate of drug-likeness (QED) is 0.231. The number of hydrogen-bond acceptors (Lipinski definition) is 7. The summed E-state index contributed by atoms with van der Waals surface area (Å²) in [5, 5.41) is 3.80. The molecule has 0 aliphatic carbocycles. The number of hydrogen-bond donors (Lipinski definition) is 3. The molecule has 1 fully saturated rings. The van der Waals surface area contributed by atoms with Crippen LogP contribution >= 0.6 is 0 Å². The summed E-state index contributed by atoms with van der Waals surface area (Å²) in [7, 11) is -2.51. The highest BCUT2D eigenvalue weighted by Gasteiger charge is 2.29. The number of fused-ring (bicyclic) bond motifs is 1. The molecule has 4 aromatic rings. The van der Waals surface area contributed by atoms with Crippen molar-refractivity contribution in [3.05, 3.63) is 84.1 Å². The average molecular weight is 648 g/mol. The number of anilines is 2. The van der Waals surface area contributed by atoms with Gasteiger partial charge >= 0.3 is 6.09 Å². The Kier molecular flexibility index (Phi) is 9.59. The van der Waals surface area contributed by atoms with Crippen molar-refractivity contribution in [3.8, 4) is 5.75 Å². The summed E-state index contributed by atoms with van der Waals surface area (Å²) in [6.45, 7) is 9.62. The molecule has 0 unspecified atom stereocenters. The van der Waals surface area contributed by atoms with E-state index in [1.54, 1.807) is 29.3 Å². The highest BCUT2D eigenvalue weighted by Crippen LogP contribution is 2.31. The predicted octanol–water partition coefficient (Wildman–Crippen LogP) is 5.07. The monoisotopic (exact) mass is 647 g/mol. The molecule has 46 heavy (non-hydrogen) atoms. The van der Waals surface area contributed by atoms with Crippen molar-refractivity contribution in [1.82, 2.24) is 14.6 Å². The van der Waals surface area contributed by atoms with Gasteiger partial charge in [0.2, 0.25) is 15.9 Å². The smallest absolute Gasteiger partial charge is 0.410 e. The minimum atomic E-state index is -4.02. The maximum absolute atomic E-state index is 13.8. The van der Waals surface area contributed by atoms with Gasteiger partial charge in [0.25, 0.3) is 0 Å². The number of sulfonamides is 1. The van der Waals surface area contributed by atoms with Crippen LogP contribution in [0.25, 0.3) is 10.9 Å². The van der Waals surface area contributed by atoms with Crippen LogP contribution < -0.4 is 19.7 Å². The van der Waals surface area contributed by atoms with Gasteiger partial charge in [-0.1, -0.05) is 35.9 Å². The van der Waals surface area contributed by atoms with Crippen LogP contribution in [-0.2, 0) is 26.0 Å². The maximum Gasteiger partial charge on any atom is 0.410 e. The maximum atomic E-state index is 13.8. The highest BCUT2D eigenvalue weighted by molar-refractivity contribution is 7.89. The number of amides is 2. The van der Waals surface area contributed by atoms with Crippen LogP contribution in [0.4, 0.5) is 16.2 Å². The molecule has 12 heteroatoms. The summed E-state index contributed by atoms with van der Waals surface area (Å²) in [5.41, 5.74) is 3.33. The summed E-state index contributed by atoms with van der Waals surface area (Å²) >= 11 is 0. The molecule has 3 aromatic carbocycles. The second-order valence-electron chi connectivity index (χ2n) is 12.4. The number of para-hydroxylation sites is 1. The van der Waals surface area contributed by atoms with Crippen molar-refractivity contribution < 1.29 is 27.5 Å². The summed E-state index contributed by atoms with van der Waals surface area (Å²) in [6.07, 6.45) is 1.58. The van der Waals surface area contributed by atoms with Crippen LogP contribution in [0.2, 0.25) is 0 Å². The van der Waals surface area contributed by atoms with Gasteiger partial charge in [-0.25, -0.2) is 13.2 Å². The minimum Gasteiger partial charge on any atom is -0.494 e. The number of nitrogens with one attached hydrogen (secondary N) is 3. The zero-order valence-corrected chi connectivity index (χ0v) is 27.6. The van der Waals surface area contributed by atoms with Crippen molar-refractivity contribution in [2.45, 2.75) is 50.7 Å². The first-order valence-corrected chi connectivity index (χ1v) is 16.7. The van der Waals surface area contributed by atoms with E-state index in [-0.39, 0.29) is 17.4 Å². The molecule has 1 saturated heterocycles. The van der Waals surface area contributed by atoms with Crippen LogP contribution in [0.3, 0.4) is 0 Å². The molecule has 5 rings (SSSR count). The normalized spacial score (nSPS) is 14.6.